The summed E-state index contributed by atoms with van der Waals surface area (Å²) >= 11 is 0. The molecule has 0 amide bonds. The Morgan fingerprint density at radius 2 is 1.93 bits per heavy atom. The Kier molecular flexibility index (Phi) is 9.98. The number of piperazine rings is 1. The molecule has 0 bridgehead atoms. The van der Waals surface area contributed by atoms with Crippen LogP contribution in [0.1, 0.15) is 38.3 Å². The molecule has 2 saturated heterocycles. The van der Waals surface area contributed by atoms with Gasteiger partial charge in [0.1, 0.15) is 0 Å². The normalized spacial score (nSPS) is 22.3. The fourth-order valence-corrected chi connectivity index (χ4v) is 4.07. The van der Waals surface area contributed by atoms with E-state index in [0.717, 1.165) is 38.7 Å². The van der Waals surface area contributed by atoms with Gasteiger partial charge in [0.05, 0.1) is 12.6 Å². The molecule has 2 atom stereocenters. The molecule has 2 aliphatic rings. The summed E-state index contributed by atoms with van der Waals surface area (Å²) in [5.41, 5.74) is 2.65. The predicted molar refractivity (Wildman–Crippen MR) is 135 cm³/mol. The van der Waals surface area contributed by atoms with Crippen molar-refractivity contribution >= 4 is 35.6 Å². The minimum absolute atomic E-state index is 0. The molecule has 1 aromatic rings. The first-order valence-electron chi connectivity index (χ1n) is 10.9. The number of likely N-dealkylation sites (N-methyl/N-ethyl adjacent to an activating group) is 2. The van der Waals surface area contributed by atoms with E-state index in [1.165, 1.54) is 37.2 Å². The second-order valence-electron chi connectivity index (χ2n) is 8.27. The minimum Gasteiger partial charge on any atom is -0.372 e. The first-order chi connectivity index (χ1) is 13.6. The van der Waals surface area contributed by atoms with Crippen LogP contribution in [0.4, 0.5) is 5.69 Å². The lowest BCUT2D eigenvalue weighted by atomic mass is 10.1. The molecule has 0 aliphatic carbocycles. The molecule has 1 aromatic carbocycles. The molecule has 6 nitrogen and oxygen atoms in total. The molecule has 2 heterocycles. The lowest BCUT2D eigenvalue weighted by molar-refractivity contribution is 0.119. The molecule has 2 unspecified atom stereocenters. The topological polar surface area (TPSA) is 46.1 Å². The van der Waals surface area contributed by atoms with Crippen LogP contribution in [0.25, 0.3) is 0 Å². The van der Waals surface area contributed by atoms with E-state index in [2.05, 4.69) is 77.5 Å². The van der Waals surface area contributed by atoms with Crippen LogP contribution in [0.5, 0.6) is 0 Å². The second kappa shape index (κ2) is 12.0. The summed E-state index contributed by atoms with van der Waals surface area (Å²) < 4.78 is 0. The Balaban J connectivity index is 0.00000300. The Morgan fingerprint density at radius 1 is 1.17 bits per heavy atom. The maximum atomic E-state index is 4.90. The summed E-state index contributed by atoms with van der Waals surface area (Å²) in [6.07, 6.45) is 2.61. The van der Waals surface area contributed by atoms with Crippen molar-refractivity contribution < 1.29 is 0 Å². The van der Waals surface area contributed by atoms with Crippen molar-refractivity contribution in [3.63, 3.8) is 0 Å². The zero-order valence-corrected chi connectivity index (χ0v) is 20.9. The molecule has 0 aromatic heterocycles. The highest BCUT2D eigenvalue weighted by Gasteiger charge is 2.22. The van der Waals surface area contributed by atoms with Gasteiger partial charge in [0.15, 0.2) is 5.96 Å². The molecule has 0 spiro atoms. The van der Waals surface area contributed by atoms with E-state index >= 15 is 0 Å². The summed E-state index contributed by atoms with van der Waals surface area (Å²) in [6, 6.07) is 9.64. The molecule has 2 N–H and O–H groups in total. The molecule has 2 aliphatic heterocycles. The average Bonchev–Trinajstić information content (AvgIpc) is 3.23. The molecule has 3 rings (SSSR count). The van der Waals surface area contributed by atoms with E-state index in [4.69, 9.17) is 4.99 Å². The zero-order chi connectivity index (χ0) is 19.9. The van der Waals surface area contributed by atoms with Gasteiger partial charge in [0.25, 0.3) is 0 Å². The maximum absolute atomic E-state index is 4.90. The van der Waals surface area contributed by atoms with Crippen molar-refractivity contribution in [2.24, 2.45) is 4.99 Å². The lowest BCUT2D eigenvalue weighted by Gasteiger charge is -2.37. The van der Waals surface area contributed by atoms with E-state index in [9.17, 15) is 0 Å². The van der Waals surface area contributed by atoms with Crippen LogP contribution in [0.3, 0.4) is 0 Å². The van der Waals surface area contributed by atoms with Crippen molar-refractivity contribution in [1.29, 1.82) is 0 Å². The Morgan fingerprint density at radius 3 is 2.66 bits per heavy atom. The summed E-state index contributed by atoms with van der Waals surface area (Å²) in [5.74, 6) is 0.906. The number of guanidine groups is 1. The molecular weight excluding hydrogens is 475 g/mol. The van der Waals surface area contributed by atoms with E-state index in [1.807, 2.05) is 0 Å². The Labute approximate surface area is 194 Å². The van der Waals surface area contributed by atoms with Crippen molar-refractivity contribution in [2.45, 2.75) is 38.8 Å². The number of nitrogens with zero attached hydrogens (tertiary/aromatic N) is 4. The fourth-order valence-electron chi connectivity index (χ4n) is 4.07. The highest BCUT2D eigenvalue weighted by molar-refractivity contribution is 14.0. The summed E-state index contributed by atoms with van der Waals surface area (Å²) in [4.78, 5) is 12.2. The van der Waals surface area contributed by atoms with Gasteiger partial charge in [-0.05, 0) is 58.5 Å². The smallest absolute Gasteiger partial charge is 0.191 e. The van der Waals surface area contributed by atoms with Crippen LogP contribution < -0.4 is 15.5 Å². The van der Waals surface area contributed by atoms with Gasteiger partial charge >= 0.3 is 0 Å². The number of aliphatic imine (C=N–C) groups is 1. The minimum atomic E-state index is 0. The van der Waals surface area contributed by atoms with Crippen molar-refractivity contribution in [1.82, 2.24) is 20.4 Å². The number of nitrogens with one attached hydrogen (secondary N) is 2. The van der Waals surface area contributed by atoms with Gasteiger partial charge in [-0.3, -0.25) is 9.89 Å². The third kappa shape index (κ3) is 7.00. The average molecular weight is 515 g/mol. The number of halogens is 1. The van der Waals surface area contributed by atoms with Crippen LogP contribution in [0.15, 0.2) is 29.3 Å². The molecule has 0 radical (unpaired) electrons. The second-order valence-corrected chi connectivity index (χ2v) is 8.27. The first-order valence-corrected chi connectivity index (χ1v) is 10.9. The summed E-state index contributed by atoms with van der Waals surface area (Å²) in [5, 5.41) is 7.02. The van der Waals surface area contributed by atoms with Gasteiger partial charge in [-0.1, -0.05) is 12.1 Å². The van der Waals surface area contributed by atoms with Gasteiger partial charge in [-0.2, -0.15) is 0 Å². The molecule has 7 heteroatoms. The predicted octanol–water partition coefficient (Wildman–Crippen LogP) is 2.77. The van der Waals surface area contributed by atoms with Crippen LogP contribution in [0.2, 0.25) is 0 Å². The summed E-state index contributed by atoms with van der Waals surface area (Å²) in [6.45, 7) is 11.7. The highest BCUT2D eigenvalue weighted by Crippen LogP contribution is 2.24. The lowest BCUT2D eigenvalue weighted by Crippen LogP contribution is -2.51. The Bertz CT molecular complexity index is 646. The van der Waals surface area contributed by atoms with Gasteiger partial charge in [-0.15, -0.1) is 24.0 Å². The standard InChI is InChI=1S/C22H38N6.HI/c1-5-23-22(24-16-21-17-26(3)13-14-27(21)4)25-18(2)19-9-8-10-20(15-19)28-11-6-7-12-28;/h8-10,15,18,21H,5-7,11-14,16-17H2,1-4H3,(H2,23,24,25);1H. The van der Waals surface area contributed by atoms with E-state index in [-0.39, 0.29) is 30.0 Å². The number of anilines is 1. The van der Waals surface area contributed by atoms with E-state index < -0.39 is 0 Å². The van der Waals surface area contributed by atoms with Gasteiger partial charge in [-0.25, -0.2) is 0 Å². The van der Waals surface area contributed by atoms with E-state index in [0.29, 0.717) is 6.04 Å². The van der Waals surface area contributed by atoms with Gasteiger partial charge < -0.3 is 20.4 Å². The van der Waals surface area contributed by atoms with Crippen LogP contribution in [-0.2, 0) is 0 Å². The third-order valence-electron chi connectivity index (χ3n) is 5.98. The molecule has 164 valence electrons. The third-order valence-corrected chi connectivity index (χ3v) is 5.98. The van der Waals surface area contributed by atoms with E-state index in [1.54, 1.807) is 0 Å². The highest BCUT2D eigenvalue weighted by atomic mass is 127. The molecule has 2 fully saturated rings. The van der Waals surface area contributed by atoms with Crippen LogP contribution in [0, 0.1) is 0 Å². The number of hydrogen-bond acceptors (Lipinski definition) is 4. The zero-order valence-electron chi connectivity index (χ0n) is 18.5. The van der Waals surface area contributed by atoms with Gasteiger partial charge in [0, 0.05) is 51.0 Å². The SMILES string of the molecule is CCNC(=NCC1CN(C)CCN1C)NC(C)c1cccc(N2CCCC2)c1.I. The van der Waals surface area contributed by atoms with Crippen molar-refractivity contribution in [2.75, 3.05) is 64.8 Å². The molecular formula is C22H39IN6. The van der Waals surface area contributed by atoms with Crippen molar-refractivity contribution in [3.8, 4) is 0 Å². The monoisotopic (exact) mass is 514 g/mol. The summed E-state index contributed by atoms with van der Waals surface area (Å²) in [7, 11) is 4.41. The van der Waals surface area contributed by atoms with Crippen LogP contribution >= 0.6 is 24.0 Å². The number of benzene rings is 1. The van der Waals surface area contributed by atoms with Gasteiger partial charge in [0.2, 0.25) is 0 Å². The fraction of sp³-hybridized carbons (Fsp3) is 0.682. The quantitative estimate of drug-likeness (QED) is 0.348. The largest absolute Gasteiger partial charge is 0.372 e. The maximum Gasteiger partial charge on any atom is 0.191 e. The number of rotatable bonds is 6. The van der Waals surface area contributed by atoms with Crippen LogP contribution in [-0.4, -0.2) is 81.7 Å². The molecule has 29 heavy (non-hydrogen) atoms. The number of hydrogen-bond donors (Lipinski definition) is 2. The Hall–Kier alpha value is -1.06. The molecule has 0 saturated carbocycles. The van der Waals surface area contributed by atoms with Crippen molar-refractivity contribution in [3.05, 3.63) is 29.8 Å². The first kappa shape index (κ1) is 24.2.